The fraction of sp³-hybridized carbons (Fsp3) is 0.333. The number of nitrogens with one attached hydrogen (secondary N) is 1. The molecule has 20 heavy (non-hydrogen) atoms. The van der Waals surface area contributed by atoms with Crippen molar-refractivity contribution in [1.29, 1.82) is 0 Å². The Morgan fingerprint density at radius 2 is 2.05 bits per heavy atom. The molecule has 0 unspecified atom stereocenters. The number of ether oxygens (including phenoxy) is 1. The van der Waals surface area contributed by atoms with Crippen molar-refractivity contribution in [3.05, 3.63) is 41.5 Å². The van der Waals surface area contributed by atoms with Gasteiger partial charge in [-0.1, -0.05) is 13.0 Å². The van der Waals surface area contributed by atoms with Crippen LogP contribution >= 0.6 is 0 Å². The van der Waals surface area contributed by atoms with Crippen LogP contribution in [0.5, 0.6) is 11.6 Å². The van der Waals surface area contributed by atoms with E-state index in [1.54, 1.807) is 32.2 Å². The molecule has 1 aromatic heterocycles. The quantitative estimate of drug-likeness (QED) is 0.903. The van der Waals surface area contributed by atoms with Gasteiger partial charge in [0.15, 0.2) is 0 Å². The lowest BCUT2D eigenvalue weighted by Gasteiger charge is -2.09. The maximum absolute atomic E-state index is 13.5. The van der Waals surface area contributed by atoms with Gasteiger partial charge in [-0.3, -0.25) is 0 Å². The van der Waals surface area contributed by atoms with E-state index in [4.69, 9.17) is 4.74 Å². The lowest BCUT2D eigenvalue weighted by Crippen LogP contribution is -2.02. The van der Waals surface area contributed by atoms with Crippen LogP contribution in [-0.4, -0.2) is 17.0 Å². The highest BCUT2D eigenvalue weighted by Crippen LogP contribution is 2.23. The summed E-state index contributed by atoms with van der Waals surface area (Å²) in [7, 11) is 1.79. The van der Waals surface area contributed by atoms with E-state index in [0.717, 1.165) is 12.8 Å². The number of hydrogen-bond donors (Lipinski definition) is 1. The van der Waals surface area contributed by atoms with E-state index in [2.05, 4.69) is 22.2 Å². The molecule has 0 fully saturated rings. The zero-order valence-electron chi connectivity index (χ0n) is 11.9. The highest BCUT2D eigenvalue weighted by atomic mass is 19.1. The summed E-state index contributed by atoms with van der Waals surface area (Å²) >= 11 is 0. The van der Waals surface area contributed by atoms with Gasteiger partial charge in [-0.15, -0.1) is 0 Å². The molecule has 0 spiro atoms. The predicted octanol–water partition coefficient (Wildman–Crippen LogP) is 3.71. The monoisotopic (exact) mass is 275 g/mol. The SMILES string of the molecule is CCCc1nc(NC)cc(Oc2ccc(C)c(F)c2)n1. The zero-order valence-corrected chi connectivity index (χ0v) is 11.9. The van der Waals surface area contributed by atoms with Crippen LogP contribution in [0.1, 0.15) is 24.7 Å². The minimum Gasteiger partial charge on any atom is -0.439 e. The van der Waals surface area contributed by atoms with Gasteiger partial charge in [-0.2, -0.15) is 4.98 Å². The molecular formula is C15H18FN3O. The Kier molecular flexibility index (Phi) is 4.50. The van der Waals surface area contributed by atoms with Crippen LogP contribution in [-0.2, 0) is 6.42 Å². The Morgan fingerprint density at radius 1 is 1.25 bits per heavy atom. The van der Waals surface area contributed by atoms with Crippen molar-refractivity contribution >= 4 is 5.82 Å². The largest absolute Gasteiger partial charge is 0.439 e. The first-order valence-electron chi connectivity index (χ1n) is 6.62. The third-order valence-electron chi connectivity index (χ3n) is 2.84. The Balaban J connectivity index is 2.27. The summed E-state index contributed by atoms with van der Waals surface area (Å²) < 4.78 is 19.1. The molecule has 0 bridgehead atoms. The van der Waals surface area contributed by atoms with E-state index in [0.29, 0.717) is 28.8 Å². The molecule has 1 heterocycles. The van der Waals surface area contributed by atoms with Crippen molar-refractivity contribution in [2.75, 3.05) is 12.4 Å². The molecular weight excluding hydrogens is 257 g/mol. The second-order valence-electron chi connectivity index (χ2n) is 4.52. The second-order valence-corrected chi connectivity index (χ2v) is 4.52. The van der Waals surface area contributed by atoms with E-state index in [1.165, 1.54) is 6.07 Å². The standard InChI is InChI=1S/C15H18FN3O/c1-4-5-13-18-14(17-3)9-15(19-13)20-11-7-6-10(2)12(16)8-11/h6-9H,4-5H2,1-3H3,(H,17,18,19). The smallest absolute Gasteiger partial charge is 0.224 e. The van der Waals surface area contributed by atoms with Gasteiger partial charge in [-0.05, 0) is 25.0 Å². The molecule has 106 valence electrons. The van der Waals surface area contributed by atoms with Crippen LogP contribution < -0.4 is 10.1 Å². The highest BCUT2D eigenvalue weighted by molar-refractivity contribution is 5.40. The van der Waals surface area contributed by atoms with Crippen LogP contribution in [0, 0.1) is 12.7 Å². The average molecular weight is 275 g/mol. The van der Waals surface area contributed by atoms with Crippen LogP contribution in [0.25, 0.3) is 0 Å². The predicted molar refractivity (Wildman–Crippen MR) is 76.8 cm³/mol. The van der Waals surface area contributed by atoms with Gasteiger partial charge in [0, 0.05) is 25.6 Å². The summed E-state index contributed by atoms with van der Waals surface area (Å²) in [5.74, 6) is 1.94. The zero-order chi connectivity index (χ0) is 14.5. The molecule has 0 aliphatic heterocycles. The van der Waals surface area contributed by atoms with Gasteiger partial charge < -0.3 is 10.1 Å². The van der Waals surface area contributed by atoms with E-state index in [9.17, 15) is 4.39 Å². The van der Waals surface area contributed by atoms with Crippen molar-refractivity contribution in [2.45, 2.75) is 26.7 Å². The third-order valence-corrected chi connectivity index (χ3v) is 2.84. The number of anilines is 1. The number of hydrogen-bond acceptors (Lipinski definition) is 4. The molecule has 5 heteroatoms. The molecule has 0 saturated carbocycles. The summed E-state index contributed by atoms with van der Waals surface area (Å²) in [6.45, 7) is 3.77. The Bertz CT molecular complexity index is 602. The van der Waals surface area contributed by atoms with Gasteiger partial charge in [0.1, 0.15) is 23.2 Å². The van der Waals surface area contributed by atoms with Crippen molar-refractivity contribution in [1.82, 2.24) is 9.97 Å². The summed E-state index contributed by atoms with van der Waals surface area (Å²) in [4.78, 5) is 8.66. The first kappa shape index (κ1) is 14.2. The lowest BCUT2D eigenvalue weighted by atomic mass is 10.2. The summed E-state index contributed by atoms with van der Waals surface area (Å²) in [5.41, 5.74) is 0.586. The molecule has 1 aromatic carbocycles. The third kappa shape index (κ3) is 3.44. The second kappa shape index (κ2) is 6.32. The fourth-order valence-corrected chi connectivity index (χ4v) is 1.75. The number of rotatable bonds is 5. The minimum absolute atomic E-state index is 0.292. The molecule has 0 aliphatic rings. The first-order chi connectivity index (χ1) is 9.62. The van der Waals surface area contributed by atoms with E-state index >= 15 is 0 Å². The minimum atomic E-state index is -0.292. The number of benzene rings is 1. The highest BCUT2D eigenvalue weighted by Gasteiger charge is 2.07. The van der Waals surface area contributed by atoms with Crippen LogP contribution in [0.4, 0.5) is 10.2 Å². The number of halogens is 1. The first-order valence-corrected chi connectivity index (χ1v) is 6.62. The molecule has 0 amide bonds. The van der Waals surface area contributed by atoms with E-state index in [-0.39, 0.29) is 5.82 Å². The van der Waals surface area contributed by atoms with Crippen LogP contribution in [0.2, 0.25) is 0 Å². The maximum Gasteiger partial charge on any atom is 0.224 e. The molecule has 2 aromatic rings. The molecule has 0 radical (unpaired) electrons. The van der Waals surface area contributed by atoms with Gasteiger partial charge in [0.25, 0.3) is 0 Å². The number of aromatic nitrogens is 2. The van der Waals surface area contributed by atoms with E-state index in [1.807, 2.05) is 0 Å². The Morgan fingerprint density at radius 3 is 2.70 bits per heavy atom. The Hall–Kier alpha value is -2.17. The average Bonchev–Trinajstić information content (AvgIpc) is 2.43. The molecule has 2 rings (SSSR count). The van der Waals surface area contributed by atoms with Gasteiger partial charge in [0.05, 0.1) is 0 Å². The van der Waals surface area contributed by atoms with Crippen LogP contribution in [0.3, 0.4) is 0 Å². The molecule has 1 N–H and O–H groups in total. The molecule has 0 atom stereocenters. The Labute approximate surface area is 118 Å². The molecule has 4 nitrogen and oxygen atoms in total. The lowest BCUT2D eigenvalue weighted by molar-refractivity contribution is 0.453. The van der Waals surface area contributed by atoms with Gasteiger partial charge in [0.2, 0.25) is 5.88 Å². The van der Waals surface area contributed by atoms with Crippen molar-refractivity contribution in [3.63, 3.8) is 0 Å². The summed E-state index contributed by atoms with van der Waals surface area (Å²) in [6, 6.07) is 6.45. The summed E-state index contributed by atoms with van der Waals surface area (Å²) in [5, 5.41) is 2.97. The van der Waals surface area contributed by atoms with Crippen LogP contribution in [0.15, 0.2) is 24.3 Å². The van der Waals surface area contributed by atoms with Gasteiger partial charge in [-0.25, -0.2) is 9.37 Å². The molecule has 0 saturated heterocycles. The number of aryl methyl sites for hydroxylation is 2. The molecule has 0 aliphatic carbocycles. The number of nitrogens with zero attached hydrogens (tertiary/aromatic N) is 2. The fourth-order valence-electron chi connectivity index (χ4n) is 1.75. The summed E-state index contributed by atoms with van der Waals surface area (Å²) in [6.07, 6.45) is 1.72. The van der Waals surface area contributed by atoms with Gasteiger partial charge >= 0.3 is 0 Å². The van der Waals surface area contributed by atoms with Crippen molar-refractivity contribution in [3.8, 4) is 11.6 Å². The van der Waals surface area contributed by atoms with Crippen molar-refractivity contribution < 1.29 is 9.13 Å². The normalized spacial score (nSPS) is 10.4. The van der Waals surface area contributed by atoms with E-state index < -0.39 is 0 Å². The maximum atomic E-state index is 13.5. The van der Waals surface area contributed by atoms with Crippen molar-refractivity contribution in [2.24, 2.45) is 0 Å². The topological polar surface area (TPSA) is 47.0 Å².